The van der Waals surface area contributed by atoms with Crippen LogP contribution in [-0.2, 0) is 0 Å². The fourth-order valence-corrected chi connectivity index (χ4v) is 2.27. The fraction of sp³-hybridized carbons (Fsp3) is 0.200. The van der Waals surface area contributed by atoms with E-state index in [0.29, 0.717) is 5.52 Å². The lowest BCUT2D eigenvalue weighted by molar-refractivity contribution is 0.723. The number of fused-ring (bicyclic) bond motifs is 3. The molecule has 0 amide bonds. The summed E-state index contributed by atoms with van der Waals surface area (Å²) in [6.07, 6.45) is 0.0142. The third-order valence-corrected chi connectivity index (χ3v) is 3.56. The molecule has 1 N–H and O–H groups in total. The summed E-state index contributed by atoms with van der Waals surface area (Å²) in [5.41, 5.74) is 0.420. The number of anilines is 1. The maximum Gasteiger partial charge on any atom is 0.369 e. The Labute approximate surface area is 100 Å². The minimum atomic E-state index is -0.289. The van der Waals surface area contributed by atoms with Gasteiger partial charge in [0.15, 0.2) is 0 Å². The molecule has 0 aliphatic carbocycles. The van der Waals surface area contributed by atoms with E-state index in [9.17, 15) is 4.79 Å². The Morgan fingerprint density at radius 2 is 2.19 bits per heavy atom. The van der Waals surface area contributed by atoms with Gasteiger partial charge in [-0.25, -0.2) is 8.83 Å². The van der Waals surface area contributed by atoms with Crippen LogP contribution >= 0.6 is 16.1 Å². The Hall–Kier alpha value is -1.56. The molecule has 1 atom stereocenters. The zero-order valence-corrected chi connectivity index (χ0v) is 10.1. The molecule has 0 spiro atoms. The number of rotatable bonds is 0. The second kappa shape index (κ2) is 3.21. The first-order valence-electron chi connectivity index (χ1n) is 4.92. The van der Waals surface area contributed by atoms with Crippen LogP contribution in [0.4, 0.5) is 5.82 Å². The van der Waals surface area contributed by atoms with Gasteiger partial charge >= 0.3 is 5.69 Å². The van der Waals surface area contributed by atoms with Crippen molar-refractivity contribution in [1.82, 2.24) is 9.66 Å². The molecule has 0 radical (unpaired) electrons. The third-order valence-electron chi connectivity index (χ3n) is 2.62. The Kier molecular flexibility index (Phi) is 1.94. The maximum absolute atomic E-state index is 11.8. The van der Waals surface area contributed by atoms with Crippen LogP contribution in [-0.4, -0.2) is 15.8 Å². The lowest BCUT2D eigenvalue weighted by Crippen LogP contribution is -2.36. The highest BCUT2D eigenvalue weighted by molar-refractivity contribution is 9.09. The summed E-state index contributed by atoms with van der Waals surface area (Å²) in [4.78, 5) is 15.8. The van der Waals surface area contributed by atoms with Crippen molar-refractivity contribution in [3.63, 3.8) is 0 Å². The van der Waals surface area contributed by atoms with Gasteiger partial charge in [0.25, 0.3) is 0 Å². The molecule has 1 aromatic carbocycles. The quantitative estimate of drug-likeness (QED) is 0.742. The molecule has 0 fully saturated rings. The SMILES string of the molecule is CC1Nc2c3ccccc3nc(=O)n2N1Br. The van der Waals surface area contributed by atoms with Gasteiger partial charge < -0.3 is 5.32 Å². The summed E-state index contributed by atoms with van der Waals surface area (Å²) in [5, 5.41) is 4.17. The van der Waals surface area contributed by atoms with Crippen molar-refractivity contribution in [3.05, 3.63) is 34.7 Å². The van der Waals surface area contributed by atoms with E-state index in [1.807, 2.05) is 31.2 Å². The number of nitrogens with zero attached hydrogens (tertiary/aromatic N) is 3. The van der Waals surface area contributed by atoms with Crippen LogP contribution in [0.2, 0.25) is 0 Å². The van der Waals surface area contributed by atoms with E-state index in [-0.39, 0.29) is 11.9 Å². The second-order valence-corrected chi connectivity index (χ2v) is 4.41. The molecular formula is C10H9BrN4O. The molecule has 1 aromatic heterocycles. The molecule has 6 heteroatoms. The van der Waals surface area contributed by atoms with Gasteiger partial charge in [0.05, 0.1) is 21.7 Å². The van der Waals surface area contributed by atoms with Crippen LogP contribution in [0.1, 0.15) is 6.92 Å². The summed E-state index contributed by atoms with van der Waals surface area (Å²) in [6, 6.07) is 7.58. The molecule has 82 valence electrons. The van der Waals surface area contributed by atoms with Gasteiger partial charge in [-0.1, -0.05) is 12.1 Å². The van der Waals surface area contributed by atoms with E-state index < -0.39 is 0 Å². The second-order valence-electron chi connectivity index (χ2n) is 3.68. The molecule has 16 heavy (non-hydrogen) atoms. The highest BCUT2D eigenvalue weighted by Crippen LogP contribution is 2.26. The minimum Gasteiger partial charge on any atom is -0.347 e. The molecule has 2 aromatic rings. The van der Waals surface area contributed by atoms with Gasteiger partial charge in [0, 0.05) is 5.39 Å². The number of hydrogen-bond acceptors (Lipinski definition) is 4. The van der Waals surface area contributed by atoms with Gasteiger partial charge in [0.2, 0.25) is 0 Å². The van der Waals surface area contributed by atoms with Crippen LogP contribution < -0.4 is 15.0 Å². The largest absolute Gasteiger partial charge is 0.369 e. The first-order valence-corrected chi connectivity index (χ1v) is 5.63. The summed E-state index contributed by atoms with van der Waals surface area (Å²) in [5.74, 6) is 0.778. The van der Waals surface area contributed by atoms with Crippen molar-refractivity contribution in [1.29, 1.82) is 0 Å². The topological polar surface area (TPSA) is 50.2 Å². The summed E-state index contributed by atoms with van der Waals surface area (Å²) >= 11 is 3.33. The van der Waals surface area contributed by atoms with Crippen molar-refractivity contribution < 1.29 is 0 Å². The lowest BCUT2D eigenvalue weighted by Gasteiger charge is -2.13. The van der Waals surface area contributed by atoms with E-state index in [1.54, 1.807) is 4.03 Å². The lowest BCUT2D eigenvalue weighted by atomic mass is 10.2. The first kappa shape index (κ1) is 9.65. The Balaban J connectivity index is 2.44. The summed E-state index contributed by atoms with van der Waals surface area (Å²) < 4.78 is 3.15. The Bertz CT molecular complexity index is 624. The highest BCUT2D eigenvalue weighted by atomic mass is 79.9. The number of nitrogens with one attached hydrogen (secondary N) is 1. The predicted molar refractivity (Wildman–Crippen MR) is 66.2 cm³/mol. The van der Waals surface area contributed by atoms with E-state index in [4.69, 9.17) is 0 Å². The van der Waals surface area contributed by atoms with E-state index in [1.165, 1.54) is 4.68 Å². The zero-order valence-electron chi connectivity index (χ0n) is 8.51. The Morgan fingerprint density at radius 3 is 3.00 bits per heavy atom. The van der Waals surface area contributed by atoms with Crippen LogP contribution in [0.15, 0.2) is 29.1 Å². The van der Waals surface area contributed by atoms with Crippen LogP contribution in [0.3, 0.4) is 0 Å². The zero-order chi connectivity index (χ0) is 11.3. The normalized spacial score (nSPS) is 18.6. The maximum atomic E-state index is 11.8. The van der Waals surface area contributed by atoms with Gasteiger partial charge in [0.1, 0.15) is 12.0 Å². The van der Waals surface area contributed by atoms with E-state index in [0.717, 1.165) is 11.2 Å². The molecule has 0 bridgehead atoms. The van der Waals surface area contributed by atoms with Crippen LogP contribution in [0.25, 0.3) is 10.9 Å². The van der Waals surface area contributed by atoms with Crippen molar-refractivity contribution >= 4 is 32.9 Å². The average Bonchev–Trinajstić information content (AvgIpc) is 2.57. The summed E-state index contributed by atoms with van der Waals surface area (Å²) in [6.45, 7) is 1.95. The van der Waals surface area contributed by atoms with Gasteiger partial charge in [-0.2, -0.15) is 9.66 Å². The first-order chi connectivity index (χ1) is 7.68. The monoisotopic (exact) mass is 280 g/mol. The molecule has 3 rings (SSSR count). The summed E-state index contributed by atoms with van der Waals surface area (Å²) in [7, 11) is 0. The smallest absolute Gasteiger partial charge is 0.347 e. The van der Waals surface area contributed by atoms with Crippen molar-refractivity contribution in [2.24, 2.45) is 0 Å². The standard InChI is InChI=1S/C10H9BrN4O/c1-6-12-9-7-4-2-3-5-8(7)13-10(16)14(9)15(6)11/h2-6,12H,1H3. The van der Waals surface area contributed by atoms with Crippen molar-refractivity contribution in [2.75, 3.05) is 9.35 Å². The predicted octanol–water partition coefficient (Wildman–Crippen LogP) is 1.42. The number of para-hydroxylation sites is 1. The third kappa shape index (κ3) is 1.16. The number of hydrogen-bond donors (Lipinski definition) is 1. The molecular weight excluding hydrogens is 272 g/mol. The van der Waals surface area contributed by atoms with Gasteiger partial charge in [-0.05, 0) is 19.1 Å². The minimum absolute atomic E-state index is 0.0142. The van der Waals surface area contributed by atoms with Crippen molar-refractivity contribution in [3.8, 4) is 0 Å². The van der Waals surface area contributed by atoms with Gasteiger partial charge in [-0.3, -0.25) is 0 Å². The molecule has 1 aliphatic heterocycles. The molecule has 0 saturated heterocycles. The van der Waals surface area contributed by atoms with Crippen LogP contribution in [0.5, 0.6) is 0 Å². The molecule has 5 nitrogen and oxygen atoms in total. The Morgan fingerprint density at radius 1 is 1.44 bits per heavy atom. The molecule has 0 saturated carbocycles. The fourth-order valence-electron chi connectivity index (χ4n) is 1.87. The van der Waals surface area contributed by atoms with Crippen molar-refractivity contribution in [2.45, 2.75) is 13.1 Å². The number of aromatic nitrogens is 2. The van der Waals surface area contributed by atoms with E-state index >= 15 is 0 Å². The average molecular weight is 281 g/mol. The molecule has 2 heterocycles. The highest BCUT2D eigenvalue weighted by Gasteiger charge is 2.26. The van der Waals surface area contributed by atoms with Gasteiger partial charge in [-0.15, -0.1) is 0 Å². The number of halogens is 1. The van der Waals surface area contributed by atoms with Crippen LogP contribution in [0, 0.1) is 0 Å². The van der Waals surface area contributed by atoms with E-state index in [2.05, 4.69) is 26.4 Å². The number of benzene rings is 1. The molecule has 1 aliphatic rings. The molecule has 1 unspecified atom stereocenters.